The largest absolute Gasteiger partial charge is 0.397 e. The van der Waals surface area contributed by atoms with Gasteiger partial charge in [-0.05, 0) is 12.1 Å². The lowest BCUT2D eigenvalue weighted by Crippen LogP contribution is -2.24. The van der Waals surface area contributed by atoms with E-state index in [1.165, 1.54) is 12.3 Å². The molecule has 0 saturated carbocycles. The van der Waals surface area contributed by atoms with E-state index in [-0.39, 0.29) is 18.1 Å². The Morgan fingerprint density at radius 1 is 1.69 bits per heavy atom. The zero-order valence-electron chi connectivity index (χ0n) is 6.82. The maximum Gasteiger partial charge on any atom is 0.270 e. The van der Waals surface area contributed by atoms with Gasteiger partial charge in [0.05, 0.1) is 18.0 Å². The number of nitrogen functional groups attached to an aromatic ring is 1. The van der Waals surface area contributed by atoms with Crippen LogP contribution in [-0.4, -0.2) is 17.4 Å². The van der Waals surface area contributed by atoms with Gasteiger partial charge in [0.15, 0.2) is 0 Å². The number of hydrogen-bond donors (Lipinski definition) is 2. The van der Waals surface area contributed by atoms with E-state index in [1.54, 1.807) is 12.1 Å². The van der Waals surface area contributed by atoms with Crippen LogP contribution >= 0.6 is 0 Å². The Bertz CT molecular complexity index is 338. The third-order valence-corrected chi connectivity index (χ3v) is 1.35. The summed E-state index contributed by atoms with van der Waals surface area (Å²) in [5, 5.41) is 10.6. The lowest BCUT2D eigenvalue weighted by molar-refractivity contribution is 0.0953. The van der Waals surface area contributed by atoms with Crippen molar-refractivity contribution >= 4 is 11.6 Å². The van der Waals surface area contributed by atoms with Crippen molar-refractivity contribution < 1.29 is 4.79 Å². The fourth-order valence-electron chi connectivity index (χ4n) is 0.750. The quantitative estimate of drug-likeness (QED) is 0.616. The summed E-state index contributed by atoms with van der Waals surface area (Å²) in [6, 6.07) is 4.88. The van der Waals surface area contributed by atoms with Gasteiger partial charge in [0.1, 0.15) is 12.2 Å². The van der Waals surface area contributed by atoms with E-state index in [9.17, 15) is 4.79 Å². The number of anilines is 1. The van der Waals surface area contributed by atoms with Crippen LogP contribution in [0.2, 0.25) is 0 Å². The minimum absolute atomic E-state index is 0.0229. The fraction of sp³-hybridized carbons (Fsp3) is 0.125. The maximum atomic E-state index is 11.1. The molecule has 1 heterocycles. The Morgan fingerprint density at radius 2 is 2.46 bits per heavy atom. The molecule has 1 rings (SSSR count). The van der Waals surface area contributed by atoms with Gasteiger partial charge in [0.25, 0.3) is 5.91 Å². The molecular weight excluding hydrogens is 168 g/mol. The molecule has 0 atom stereocenters. The minimum atomic E-state index is -0.374. The highest BCUT2D eigenvalue weighted by Crippen LogP contribution is 2.00. The molecule has 5 heteroatoms. The van der Waals surface area contributed by atoms with Crippen molar-refractivity contribution in [2.45, 2.75) is 0 Å². The van der Waals surface area contributed by atoms with Crippen molar-refractivity contribution in [3.63, 3.8) is 0 Å². The van der Waals surface area contributed by atoms with Crippen molar-refractivity contribution in [1.82, 2.24) is 10.3 Å². The number of nitriles is 1. The first kappa shape index (κ1) is 9.00. The summed E-state index contributed by atoms with van der Waals surface area (Å²) in [6.07, 6.45) is 1.39. The minimum Gasteiger partial charge on any atom is -0.397 e. The molecule has 0 bridgehead atoms. The monoisotopic (exact) mass is 176 g/mol. The summed E-state index contributed by atoms with van der Waals surface area (Å²) in [6.45, 7) is -0.0229. The van der Waals surface area contributed by atoms with E-state index in [0.717, 1.165) is 0 Å². The van der Waals surface area contributed by atoms with Crippen LogP contribution in [0.4, 0.5) is 5.69 Å². The van der Waals surface area contributed by atoms with E-state index in [4.69, 9.17) is 11.0 Å². The summed E-state index contributed by atoms with van der Waals surface area (Å²) >= 11 is 0. The molecule has 0 saturated heterocycles. The molecule has 0 aliphatic carbocycles. The summed E-state index contributed by atoms with van der Waals surface area (Å²) in [5.41, 5.74) is 6.13. The zero-order chi connectivity index (χ0) is 9.68. The topological polar surface area (TPSA) is 91.8 Å². The van der Waals surface area contributed by atoms with Gasteiger partial charge in [0.2, 0.25) is 0 Å². The van der Waals surface area contributed by atoms with Crippen LogP contribution in [0.5, 0.6) is 0 Å². The van der Waals surface area contributed by atoms with Gasteiger partial charge in [-0.2, -0.15) is 5.26 Å². The van der Waals surface area contributed by atoms with Gasteiger partial charge in [-0.25, -0.2) is 4.98 Å². The number of carbonyl (C=O) groups excluding carboxylic acids is 1. The number of pyridine rings is 1. The van der Waals surface area contributed by atoms with E-state index >= 15 is 0 Å². The van der Waals surface area contributed by atoms with Crippen molar-refractivity contribution in [2.24, 2.45) is 0 Å². The first-order chi connectivity index (χ1) is 6.24. The lowest BCUT2D eigenvalue weighted by atomic mass is 10.3. The second kappa shape index (κ2) is 4.07. The highest BCUT2D eigenvalue weighted by molar-refractivity contribution is 5.92. The fourth-order valence-corrected chi connectivity index (χ4v) is 0.750. The number of nitrogens with one attached hydrogen (secondary N) is 1. The average molecular weight is 176 g/mol. The first-order valence-electron chi connectivity index (χ1n) is 3.60. The van der Waals surface area contributed by atoms with Crippen LogP contribution in [0.25, 0.3) is 0 Å². The Kier molecular flexibility index (Phi) is 2.82. The molecule has 13 heavy (non-hydrogen) atoms. The molecule has 0 aromatic carbocycles. The Hall–Kier alpha value is -2.09. The van der Waals surface area contributed by atoms with Crippen molar-refractivity contribution in [1.29, 1.82) is 5.26 Å². The maximum absolute atomic E-state index is 11.1. The first-order valence-corrected chi connectivity index (χ1v) is 3.60. The highest BCUT2D eigenvalue weighted by atomic mass is 16.1. The number of carbonyl (C=O) groups is 1. The average Bonchev–Trinajstić information content (AvgIpc) is 2.15. The third kappa shape index (κ3) is 2.45. The summed E-state index contributed by atoms with van der Waals surface area (Å²) < 4.78 is 0. The molecule has 0 aliphatic heterocycles. The normalized spacial score (nSPS) is 8.85. The molecule has 3 N–H and O–H groups in total. The van der Waals surface area contributed by atoms with Crippen LogP contribution in [0.1, 0.15) is 10.5 Å². The molecule has 0 radical (unpaired) electrons. The number of rotatable bonds is 2. The van der Waals surface area contributed by atoms with Crippen LogP contribution in [0, 0.1) is 11.3 Å². The number of aromatic nitrogens is 1. The predicted octanol–water partition coefficient (Wildman–Crippen LogP) is -0.0828. The van der Waals surface area contributed by atoms with Crippen LogP contribution in [0.3, 0.4) is 0 Å². The Balaban J connectivity index is 2.68. The van der Waals surface area contributed by atoms with E-state index < -0.39 is 0 Å². The van der Waals surface area contributed by atoms with Gasteiger partial charge in [0, 0.05) is 0 Å². The zero-order valence-corrected chi connectivity index (χ0v) is 6.82. The smallest absolute Gasteiger partial charge is 0.270 e. The van der Waals surface area contributed by atoms with Gasteiger partial charge in [-0.1, -0.05) is 0 Å². The Labute approximate surface area is 75.2 Å². The molecule has 0 spiro atoms. The summed E-state index contributed by atoms with van der Waals surface area (Å²) in [7, 11) is 0. The number of hydrogen-bond acceptors (Lipinski definition) is 4. The molecule has 0 aliphatic rings. The van der Waals surface area contributed by atoms with Gasteiger partial charge in [-0.3, -0.25) is 4.79 Å². The highest BCUT2D eigenvalue weighted by Gasteiger charge is 2.04. The van der Waals surface area contributed by atoms with Crippen LogP contribution < -0.4 is 11.1 Å². The molecule has 0 fully saturated rings. The number of nitrogens with two attached hydrogens (primary N) is 1. The van der Waals surface area contributed by atoms with Crippen molar-refractivity contribution in [2.75, 3.05) is 12.3 Å². The SMILES string of the molecule is N#CCNC(=O)c1ccc(N)cn1. The summed E-state index contributed by atoms with van der Waals surface area (Å²) in [4.78, 5) is 14.9. The lowest BCUT2D eigenvalue weighted by Gasteiger charge is -1.99. The van der Waals surface area contributed by atoms with E-state index in [0.29, 0.717) is 5.69 Å². The summed E-state index contributed by atoms with van der Waals surface area (Å²) in [5.74, 6) is -0.374. The third-order valence-electron chi connectivity index (χ3n) is 1.35. The van der Waals surface area contributed by atoms with Crippen molar-refractivity contribution in [3.05, 3.63) is 24.0 Å². The molecule has 1 amide bonds. The van der Waals surface area contributed by atoms with E-state index in [1.807, 2.05) is 0 Å². The van der Waals surface area contributed by atoms with Crippen molar-refractivity contribution in [3.8, 4) is 6.07 Å². The second-order valence-electron chi connectivity index (χ2n) is 2.32. The number of amides is 1. The van der Waals surface area contributed by atoms with Crippen LogP contribution in [-0.2, 0) is 0 Å². The molecule has 66 valence electrons. The molecule has 5 nitrogen and oxygen atoms in total. The van der Waals surface area contributed by atoms with E-state index in [2.05, 4.69) is 10.3 Å². The van der Waals surface area contributed by atoms with Gasteiger partial charge >= 0.3 is 0 Å². The molecule has 0 unspecified atom stereocenters. The standard InChI is InChI=1S/C8H8N4O/c9-3-4-11-8(13)7-2-1-6(10)5-12-7/h1-2,5H,4,10H2,(H,11,13). The predicted molar refractivity (Wildman–Crippen MR) is 46.6 cm³/mol. The molecule has 1 aromatic rings. The van der Waals surface area contributed by atoms with Gasteiger partial charge < -0.3 is 11.1 Å². The number of nitrogens with zero attached hydrogens (tertiary/aromatic N) is 2. The van der Waals surface area contributed by atoms with Crippen LogP contribution in [0.15, 0.2) is 18.3 Å². The van der Waals surface area contributed by atoms with Gasteiger partial charge in [-0.15, -0.1) is 0 Å². The molecule has 1 aromatic heterocycles. The Morgan fingerprint density at radius 3 is 3.00 bits per heavy atom. The second-order valence-corrected chi connectivity index (χ2v) is 2.32. The molecular formula is C8H8N4O.